The molecule has 2 aromatic carbocycles. The summed E-state index contributed by atoms with van der Waals surface area (Å²) < 4.78 is 0. The van der Waals surface area contributed by atoms with Gasteiger partial charge in [0, 0.05) is 41.2 Å². The lowest BCUT2D eigenvalue weighted by Gasteiger charge is -2.24. The third-order valence-corrected chi connectivity index (χ3v) is 4.15. The van der Waals surface area contributed by atoms with E-state index in [4.69, 9.17) is 23.2 Å². The molecule has 0 spiro atoms. The van der Waals surface area contributed by atoms with Gasteiger partial charge < -0.3 is 4.90 Å². The second-order valence-corrected chi connectivity index (χ2v) is 5.97. The quantitative estimate of drug-likeness (QED) is 0.770. The fraction of sp³-hybridized carbons (Fsp3) is 0.176. The van der Waals surface area contributed by atoms with Crippen LogP contribution in [0.4, 0.5) is 5.69 Å². The fourth-order valence-corrected chi connectivity index (χ4v) is 2.79. The van der Waals surface area contributed by atoms with E-state index in [-0.39, 0.29) is 5.91 Å². The van der Waals surface area contributed by atoms with Crippen LogP contribution in [0.1, 0.15) is 17.5 Å². The molecule has 0 fully saturated rings. The molecule has 0 aromatic heterocycles. The van der Waals surface area contributed by atoms with Crippen molar-refractivity contribution in [3.05, 3.63) is 63.6 Å². The summed E-state index contributed by atoms with van der Waals surface area (Å²) in [6.45, 7) is 0.451. The minimum Gasteiger partial charge on any atom is -0.315 e. The van der Waals surface area contributed by atoms with Gasteiger partial charge in [-0.2, -0.15) is 0 Å². The Balaban J connectivity index is 2.19. The molecule has 3 rings (SSSR count). The van der Waals surface area contributed by atoms with Crippen molar-refractivity contribution in [3.63, 3.8) is 0 Å². The van der Waals surface area contributed by atoms with Gasteiger partial charge in [-0.25, -0.2) is 0 Å². The number of carbonyl (C=O) groups excluding carboxylic acids is 1. The molecule has 3 nitrogen and oxygen atoms in total. The van der Waals surface area contributed by atoms with Crippen LogP contribution in [0.3, 0.4) is 0 Å². The van der Waals surface area contributed by atoms with Gasteiger partial charge in [-0.3, -0.25) is 9.79 Å². The summed E-state index contributed by atoms with van der Waals surface area (Å²) in [5.41, 5.74) is 3.44. The molecule has 1 amide bonds. The van der Waals surface area contributed by atoms with Crippen molar-refractivity contribution >= 4 is 40.5 Å². The number of hydrogen-bond donors (Lipinski definition) is 0. The highest BCUT2D eigenvalue weighted by Gasteiger charge is 2.21. The maximum absolute atomic E-state index is 12.1. The van der Waals surface area contributed by atoms with E-state index < -0.39 is 0 Å². The molecule has 0 bridgehead atoms. The highest BCUT2D eigenvalue weighted by molar-refractivity contribution is 6.32. The van der Waals surface area contributed by atoms with Gasteiger partial charge in [0.2, 0.25) is 5.91 Å². The summed E-state index contributed by atoms with van der Waals surface area (Å²) in [7, 11) is 1.78. The number of nitrogens with zero attached hydrogens (tertiary/aromatic N) is 2. The number of anilines is 1. The highest BCUT2D eigenvalue weighted by atomic mass is 35.5. The van der Waals surface area contributed by atoms with Gasteiger partial charge in [0.1, 0.15) is 0 Å². The highest BCUT2D eigenvalue weighted by Crippen LogP contribution is 2.28. The molecule has 112 valence electrons. The Hall–Kier alpha value is -1.84. The first-order valence-corrected chi connectivity index (χ1v) is 7.69. The summed E-state index contributed by atoms with van der Waals surface area (Å²) in [5, 5.41) is 1.29. The van der Waals surface area contributed by atoms with E-state index in [9.17, 15) is 4.79 Å². The second-order valence-electron chi connectivity index (χ2n) is 5.10. The van der Waals surface area contributed by atoms with Crippen LogP contribution in [0.15, 0.2) is 47.5 Å². The summed E-state index contributed by atoms with van der Waals surface area (Å²) in [5.74, 6) is 0.0440. The largest absolute Gasteiger partial charge is 0.315 e. The lowest BCUT2D eigenvalue weighted by Crippen LogP contribution is -2.30. The minimum atomic E-state index is 0.0440. The molecule has 0 atom stereocenters. The molecule has 0 unspecified atom stereocenters. The summed E-state index contributed by atoms with van der Waals surface area (Å²) in [6, 6.07) is 13.0. The average Bonchev–Trinajstić information content (AvgIpc) is 2.51. The van der Waals surface area contributed by atoms with E-state index in [0.29, 0.717) is 23.0 Å². The number of carbonyl (C=O) groups is 1. The third kappa shape index (κ3) is 2.87. The summed E-state index contributed by atoms with van der Waals surface area (Å²) in [4.78, 5) is 18.4. The van der Waals surface area contributed by atoms with Gasteiger partial charge in [0.15, 0.2) is 0 Å². The van der Waals surface area contributed by atoms with Crippen molar-refractivity contribution < 1.29 is 4.79 Å². The zero-order chi connectivity index (χ0) is 15.7. The number of rotatable bonds is 1. The van der Waals surface area contributed by atoms with Crippen molar-refractivity contribution in [2.45, 2.75) is 6.42 Å². The van der Waals surface area contributed by atoms with Gasteiger partial charge in [-0.15, -0.1) is 0 Å². The van der Waals surface area contributed by atoms with E-state index >= 15 is 0 Å². The topological polar surface area (TPSA) is 32.7 Å². The summed E-state index contributed by atoms with van der Waals surface area (Å²) in [6.07, 6.45) is 0.385. The normalized spacial score (nSPS) is 15.0. The molecular weight excluding hydrogens is 319 g/mol. The van der Waals surface area contributed by atoms with E-state index in [1.165, 1.54) is 0 Å². The van der Waals surface area contributed by atoms with Gasteiger partial charge in [0.25, 0.3) is 0 Å². The van der Waals surface area contributed by atoms with Crippen molar-refractivity contribution in [1.82, 2.24) is 0 Å². The Kier molecular flexibility index (Phi) is 4.19. The van der Waals surface area contributed by atoms with Crippen LogP contribution in [0.25, 0.3) is 0 Å². The third-order valence-electron chi connectivity index (χ3n) is 3.66. The Morgan fingerprint density at radius 2 is 1.73 bits per heavy atom. The Bertz CT molecular complexity index is 754. The molecule has 2 aromatic rings. The molecular formula is C17H14Cl2N2O. The number of fused-ring (bicyclic) bond motifs is 1. The number of aliphatic imine (C=N–C) groups is 1. The first-order chi connectivity index (χ1) is 10.6. The SMILES string of the molecule is CN1C(=O)CCN=C(c2ccc(Cl)cc2)c2cc(Cl)ccc21. The molecule has 0 saturated heterocycles. The summed E-state index contributed by atoms with van der Waals surface area (Å²) >= 11 is 12.1. The maximum atomic E-state index is 12.1. The zero-order valence-corrected chi connectivity index (χ0v) is 13.5. The monoisotopic (exact) mass is 332 g/mol. The molecule has 0 saturated carbocycles. The molecule has 1 aliphatic rings. The molecule has 1 aliphatic heterocycles. The van der Waals surface area contributed by atoms with E-state index in [1.807, 2.05) is 36.4 Å². The standard InChI is InChI=1S/C17H14Cl2N2O/c1-21-15-7-6-13(19)10-14(15)17(20-9-8-16(21)22)11-2-4-12(18)5-3-11/h2-7,10H,8-9H2,1H3. The first kappa shape index (κ1) is 15.1. The van der Waals surface area contributed by atoms with Crippen LogP contribution in [-0.2, 0) is 4.79 Å². The van der Waals surface area contributed by atoms with Gasteiger partial charge in [-0.1, -0.05) is 35.3 Å². The minimum absolute atomic E-state index is 0.0440. The van der Waals surface area contributed by atoms with E-state index in [1.54, 1.807) is 18.0 Å². The lowest BCUT2D eigenvalue weighted by molar-refractivity contribution is -0.118. The van der Waals surface area contributed by atoms with Crippen molar-refractivity contribution in [3.8, 4) is 0 Å². The molecule has 0 radical (unpaired) electrons. The molecule has 1 heterocycles. The van der Waals surface area contributed by atoms with Crippen LogP contribution in [-0.4, -0.2) is 25.2 Å². The van der Waals surface area contributed by atoms with Crippen LogP contribution >= 0.6 is 23.2 Å². The second kappa shape index (κ2) is 6.11. The average molecular weight is 333 g/mol. The van der Waals surface area contributed by atoms with Gasteiger partial charge in [-0.05, 0) is 30.3 Å². The number of benzene rings is 2. The molecule has 22 heavy (non-hydrogen) atoms. The molecule has 5 heteroatoms. The van der Waals surface area contributed by atoms with Crippen LogP contribution in [0.2, 0.25) is 10.0 Å². The fourth-order valence-electron chi connectivity index (χ4n) is 2.50. The van der Waals surface area contributed by atoms with Crippen molar-refractivity contribution in [2.24, 2.45) is 4.99 Å². The van der Waals surface area contributed by atoms with E-state index in [0.717, 1.165) is 22.5 Å². The Morgan fingerprint density at radius 1 is 1.05 bits per heavy atom. The van der Waals surface area contributed by atoms with E-state index in [2.05, 4.69) is 4.99 Å². The predicted octanol–water partition coefficient (Wildman–Crippen LogP) is 4.20. The predicted molar refractivity (Wildman–Crippen MR) is 91.4 cm³/mol. The number of amides is 1. The maximum Gasteiger partial charge on any atom is 0.228 e. The first-order valence-electron chi connectivity index (χ1n) is 6.93. The van der Waals surface area contributed by atoms with Crippen molar-refractivity contribution in [1.29, 1.82) is 0 Å². The zero-order valence-electron chi connectivity index (χ0n) is 12.0. The Morgan fingerprint density at radius 3 is 2.45 bits per heavy atom. The number of hydrogen-bond acceptors (Lipinski definition) is 2. The van der Waals surface area contributed by atoms with Crippen LogP contribution in [0.5, 0.6) is 0 Å². The smallest absolute Gasteiger partial charge is 0.228 e. The lowest BCUT2D eigenvalue weighted by atomic mass is 9.99. The van der Waals surface area contributed by atoms with Gasteiger partial charge >= 0.3 is 0 Å². The molecule has 0 aliphatic carbocycles. The van der Waals surface area contributed by atoms with Crippen molar-refractivity contribution in [2.75, 3.05) is 18.5 Å². The van der Waals surface area contributed by atoms with Crippen LogP contribution in [0, 0.1) is 0 Å². The Labute approximate surface area is 139 Å². The van der Waals surface area contributed by atoms with Gasteiger partial charge in [0.05, 0.1) is 11.4 Å². The van der Waals surface area contributed by atoms with Crippen LogP contribution < -0.4 is 4.90 Å². The number of halogens is 2. The molecule has 0 N–H and O–H groups in total.